The summed E-state index contributed by atoms with van der Waals surface area (Å²) >= 11 is 0. The van der Waals surface area contributed by atoms with E-state index in [-0.39, 0.29) is 23.7 Å². The van der Waals surface area contributed by atoms with Crippen LogP contribution in [-0.2, 0) is 9.59 Å². The second kappa shape index (κ2) is 8.37. The Morgan fingerprint density at radius 1 is 1.40 bits per heavy atom. The van der Waals surface area contributed by atoms with Crippen LogP contribution in [0, 0.1) is 5.92 Å². The largest absolute Gasteiger partial charge is 0.345 e. The molecule has 0 radical (unpaired) electrons. The van der Waals surface area contributed by atoms with Crippen molar-refractivity contribution >= 4 is 11.7 Å². The number of rotatable bonds is 7. The second-order valence-corrected chi connectivity index (χ2v) is 5.96. The van der Waals surface area contributed by atoms with Crippen LogP contribution >= 0.6 is 0 Å². The lowest BCUT2D eigenvalue weighted by atomic mass is 10.0. The average molecular weight is 283 g/mol. The Morgan fingerprint density at radius 3 is 2.55 bits per heavy atom. The van der Waals surface area contributed by atoms with Gasteiger partial charge in [-0.1, -0.05) is 20.8 Å². The maximum atomic E-state index is 12.1. The van der Waals surface area contributed by atoms with Crippen LogP contribution in [-0.4, -0.2) is 54.9 Å². The zero-order valence-electron chi connectivity index (χ0n) is 13.2. The third-order valence-electron chi connectivity index (χ3n) is 3.96. The molecule has 1 rings (SSSR count). The molecule has 1 heterocycles. The average Bonchev–Trinajstić information content (AvgIpc) is 2.42. The van der Waals surface area contributed by atoms with Gasteiger partial charge in [-0.05, 0) is 38.8 Å². The van der Waals surface area contributed by atoms with E-state index in [1.807, 2.05) is 13.8 Å². The normalized spacial score (nSPS) is 21.0. The van der Waals surface area contributed by atoms with Gasteiger partial charge in [-0.15, -0.1) is 0 Å². The highest BCUT2D eigenvalue weighted by atomic mass is 16.2. The maximum absolute atomic E-state index is 12.1. The number of hydrogen-bond acceptors (Lipinski definition) is 4. The Hall–Kier alpha value is -0.940. The van der Waals surface area contributed by atoms with Gasteiger partial charge in [0.05, 0.1) is 12.6 Å². The lowest BCUT2D eigenvalue weighted by Gasteiger charge is -2.33. The van der Waals surface area contributed by atoms with Crippen LogP contribution in [0.2, 0.25) is 0 Å². The molecule has 2 unspecified atom stereocenters. The fraction of sp³-hybridized carbons (Fsp3) is 0.867. The molecule has 0 bridgehead atoms. The zero-order chi connectivity index (χ0) is 15.1. The van der Waals surface area contributed by atoms with Gasteiger partial charge in [-0.3, -0.25) is 14.5 Å². The Balaban J connectivity index is 2.51. The van der Waals surface area contributed by atoms with Gasteiger partial charge >= 0.3 is 0 Å². The number of nitrogens with zero attached hydrogens (tertiary/aromatic N) is 1. The number of Topliss-reactive ketones (excluding diaryl/α,β-unsaturated/α-hetero) is 1. The third kappa shape index (κ3) is 5.21. The fourth-order valence-corrected chi connectivity index (χ4v) is 2.79. The van der Waals surface area contributed by atoms with E-state index in [2.05, 4.69) is 22.5 Å². The summed E-state index contributed by atoms with van der Waals surface area (Å²) in [6.07, 6.45) is 2.29. The van der Waals surface area contributed by atoms with Crippen LogP contribution in [0.4, 0.5) is 0 Å². The van der Waals surface area contributed by atoms with Gasteiger partial charge in [0, 0.05) is 12.6 Å². The Morgan fingerprint density at radius 2 is 2.10 bits per heavy atom. The van der Waals surface area contributed by atoms with Crippen molar-refractivity contribution in [3.8, 4) is 0 Å². The number of carbonyl (C=O) groups excluding carboxylic acids is 2. The monoisotopic (exact) mass is 283 g/mol. The van der Waals surface area contributed by atoms with Gasteiger partial charge in [0.1, 0.15) is 0 Å². The number of carbonyl (C=O) groups is 2. The molecule has 1 saturated heterocycles. The molecular formula is C15H29N3O2. The van der Waals surface area contributed by atoms with Crippen molar-refractivity contribution in [2.24, 2.45) is 5.92 Å². The van der Waals surface area contributed by atoms with Crippen molar-refractivity contribution in [2.75, 3.05) is 26.2 Å². The fourth-order valence-electron chi connectivity index (χ4n) is 2.79. The van der Waals surface area contributed by atoms with E-state index in [4.69, 9.17) is 0 Å². The number of likely N-dealkylation sites (N-methyl/N-ethyl adjacent to an activating group) is 1. The Bertz CT molecular complexity index is 325. The smallest absolute Gasteiger partial charge is 0.234 e. The van der Waals surface area contributed by atoms with Crippen molar-refractivity contribution < 1.29 is 9.59 Å². The molecule has 1 aliphatic rings. The molecule has 0 saturated carbocycles. The molecule has 0 spiro atoms. The predicted octanol–water partition coefficient (Wildman–Crippen LogP) is 0.790. The summed E-state index contributed by atoms with van der Waals surface area (Å²) in [7, 11) is 0. The summed E-state index contributed by atoms with van der Waals surface area (Å²) in [4.78, 5) is 25.9. The van der Waals surface area contributed by atoms with Crippen LogP contribution in [0.1, 0.15) is 40.5 Å². The molecule has 1 aliphatic heterocycles. The van der Waals surface area contributed by atoms with Crippen LogP contribution < -0.4 is 10.6 Å². The Labute approximate surface area is 122 Å². The van der Waals surface area contributed by atoms with E-state index in [9.17, 15) is 9.59 Å². The van der Waals surface area contributed by atoms with E-state index in [0.717, 1.165) is 32.5 Å². The molecule has 2 N–H and O–H groups in total. The number of amides is 1. The van der Waals surface area contributed by atoms with Crippen LogP contribution in [0.25, 0.3) is 0 Å². The predicted molar refractivity (Wildman–Crippen MR) is 80.6 cm³/mol. The molecule has 20 heavy (non-hydrogen) atoms. The third-order valence-corrected chi connectivity index (χ3v) is 3.96. The summed E-state index contributed by atoms with van der Waals surface area (Å²) in [6, 6.07) is 0.0556. The van der Waals surface area contributed by atoms with Gasteiger partial charge in [0.25, 0.3) is 0 Å². The highest BCUT2D eigenvalue weighted by Gasteiger charge is 2.24. The van der Waals surface area contributed by atoms with Crippen molar-refractivity contribution in [3.63, 3.8) is 0 Å². The van der Waals surface area contributed by atoms with Gasteiger partial charge in [0.15, 0.2) is 5.78 Å². The molecule has 5 nitrogen and oxygen atoms in total. The molecule has 1 fully saturated rings. The first-order chi connectivity index (χ1) is 9.45. The first kappa shape index (κ1) is 17.1. The lowest BCUT2D eigenvalue weighted by Crippen LogP contribution is -2.52. The van der Waals surface area contributed by atoms with E-state index < -0.39 is 0 Å². The molecule has 1 amide bonds. The molecule has 0 aromatic rings. The molecule has 116 valence electrons. The molecular weight excluding hydrogens is 254 g/mol. The van der Waals surface area contributed by atoms with Crippen molar-refractivity contribution in [3.05, 3.63) is 0 Å². The molecule has 0 aromatic heterocycles. The van der Waals surface area contributed by atoms with E-state index >= 15 is 0 Å². The summed E-state index contributed by atoms with van der Waals surface area (Å²) in [5, 5.41) is 6.24. The number of hydrogen-bond donors (Lipinski definition) is 2. The standard InChI is InChI=1S/C15H29N3O2/c1-5-18(13-7-6-8-16-9-13)10-14(20)17-15(11(2)3)12(4)19/h11,13,15-16H,5-10H2,1-4H3,(H,17,20). The lowest BCUT2D eigenvalue weighted by molar-refractivity contribution is -0.128. The highest BCUT2D eigenvalue weighted by molar-refractivity contribution is 5.88. The van der Waals surface area contributed by atoms with Gasteiger partial charge in [0.2, 0.25) is 5.91 Å². The molecule has 0 aliphatic carbocycles. The van der Waals surface area contributed by atoms with E-state index in [0.29, 0.717) is 12.6 Å². The Kier molecular flexibility index (Phi) is 7.16. The van der Waals surface area contributed by atoms with Crippen LogP contribution in [0.3, 0.4) is 0 Å². The van der Waals surface area contributed by atoms with Gasteiger partial charge in [-0.25, -0.2) is 0 Å². The van der Waals surface area contributed by atoms with Crippen LogP contribution in [0.15, 0.2) is 0 Å². The van der Waals surface area contributed by atoms with Crippen molar-refractivity contribution in [1.29, 1.82) is 0 Å². The first-order valence-corrected chi connectivity index (χ1v) is 7.70. The number of nitrogens with one attached hydrogen (secondary N) is 2. The minimum atomic E-state index is -0.370. The van der Waals surface area contributed by atoms with E-state index in [1.54, 1.807) is 0 Å². The van der Waals surface area contributed by atoms with Crippen molar-refractivity contribution in [2.45, 2.75) is 52.6 Å². The van der Waals surface area contributed by atoms with Gasteiger partial charge in [-0.2, -0.15) is 0 Å². The van der Waals surface area contributed by atoms with Gasteiger partial charge < -0.3 is 10.6 Å². The second-order valence-electron chi connectivity index (χ2n) is 5.96. The minimum Gasteiger partial charge on any atom is -0.345 e. The molecule has 2 atom stereocenters. The summed E-state index contributed by atoms with van der Waals surface area (Å²) in [5.41, 5.74) is 0. The quantitative estimate of drug-likeness (QED) is 0.725. The van der Waals surface area contributed by atoms with Crippen LogP contribution in [0.5, 0.6) is 0 Å². The first-order valence-electron chi connectivity index (χ1n) is 7.70. The zero-order valence-corrected chi connectivity index (χ0v) is 13.2. The van der Waals surface area contributed by atoms with E-state index in [1.165, 1.54) is 6.92 Å². The number of ketones is 1. The topological polar surface area (TPSA) is 61.4 Å². The molecule has 0 aromatic carbocycles. The van der Waals surface area contributed by atoms with Crippen molar-refractivity contribution in [1.82, 2.24) is 15.5 Å². The summed E-state index contributed by atoms with van der Waals surface area (Å²) in [5.74, 6) is 0.102. The maximum Gasteiger partial charge on any atom is 0.234 e. The summed E-state index contributed by atoms with van der Waals surface area (Å²) < 4.78 is 0. The number of piperidine rings is 1. The summed E-state index contributed by atoms with van der Waals surface area (Å²) in [6.45, 7) is 10.8. The molecule has 5 heteroatoms. The highest BCUT2D eigenvalue weighted by Crippen LogP contribution is 2.10. The SMILES string of the molecule is CCN(CC(=O)NC(C(C)=O)C(C)C)C1CCCNC1. The minimum absolute atomic E-state index is 0.0238.